The van der Waals surface area contributed by atoms with Crippen LogP contribution in [0.1, 0.15) is 43.4 Å². The van der Waals surface area contributed by atoms with E-state index in [-0.39, 0.29) is 12.3 Å². The van der Waals surface area contributed by atoms with E-state index < -0.39 is 0 Å². The summed E-state index contributed by atoms with van der Waals surface area (Å²) in [6.07, 6.45) is 9.18. The molecule has 0 aliphatic heterocycles. The molecule has 1 aliphatic rings. The third-order valence-electron chi connectivity index (χ3n) is 5.66. The predicted molar refractivity (Wildman–Crippen MR) is 122 cm³/mol. The number of amides is 1. The van der Waals surface area contributed by atoms with Crippen LogP contribution in [0, 0.1) is 5.92 Å². The number of rotatable bonds is 6. The summed E-state index contributed by atoms with van der Waals surface area (Å²) in [6.45, 7) is 0. The lowest BCUT2D eigenvalue weighted by Crippen LogP contribution is -2.19. The third kappa shape index (κ3) is 5.45. The molecule has 5 heteroatoms. The van der Waals surface area contributed by atoms with Crippen LogP contribution in [0.4, 0.5) is 5.82 Å². The first-order valence-electron chi connectivity index (χ1n) is 10.6. The minimum atomic E-state index is -0.0935. The second-order valence-electron chi connectivity index (χ2n) is 7.98. The summed E-state index contributed by atoms with van der Waals surface area (Å²) in [7, 11) is 0. The minimum absolute atomic E-state index is 0.0935. The number of anilines is 1. The van der Waals surface area contributed by atoms with Gasteiger partial charge in [0.2, 0.25) is 5.91 Å². The van der Waals surface area contributed by atoms with Gasteiger partial charge in [0, 0.05) is 10.6 Å². The van der Waals surface area contributed by atoms with Gasteiger partial charge in [-0.05, 0) is 30.0 Å². The zero-order chi connectivity index (χ0) is 20.8. The molecular weight excluding hydrogens is 394 g/mol. The molecule has 154 valence electrons. The Bertz CT molecular complexity index is 983. The topological polar surface area (TPSA) is 54.9 Å². The lowest BCUT2D eigenvalue weighted by Gasteiger charge is -2.22. The smallest absolute Gasteiger partial charge is 0.229 e. The molecular formula is C25H26ClN3O. The van der Waals surface area contributed by atoms with E-state index in [4.69, 9.17) is 16.6 Å². The fraction of sp³-hybridized carbons (Fsp3) is 0.320. The molecule has 1 N–H and O–H groups in total. The molecule has 0 atom stereocenters. The summed E-state index contributed by atoms with van der Waals surface area (Å²) in [4.78, 5) is 22.2. The Labute approximate surface area is 182 Å². The van der Waals surface area contributed by atoms with Crippen molar-refractivity contribution in [1.82, 2.24) is 9.97 Å². The quantitative estimate of drug-likeness (QED) is 0.525. The van der Waals surface area contributed by atoms with Crippen molar-refractivity contribution in [3.63, 3.8) is 0 Å². The van der Waals surface area contributed by atoms with Gasteiger partial charge in [-0.1, -0.05) is 86.2 Å². The van der Waals surface area contributed by atoms with E-state index >= 15 is 0 Å². The molecule has 0 radical (unpaired) electrons. The predicted octanol–water partition coefficient (Wildman–Crippen LogP) is 6.10. The van der Waals surface area contributed by atoms with Crippen LogP contribution in [0.3, 0.4) is 0 Å². The maximum absolute atomic E-state index is 12.7. The van der Waals surface area contributed by atoms with E-state index in [0.29, 0.717) is 16.8 Å². The van der Waals surface area contributed by atoms with Crippen molar-refractivity contribution in [3.8, 4) is 11.3 Å². The molecule has 4 nitrogen and oxygen atoms in total. The third-order valence-corrected chi connectivity index (χ3v) is 5.91. The first-order chi connectivity index (χ1) is 14.7. The number of nitrogens with zero attached hydrogens (tertiary/aromatic N) is 2. The van der Waals surface area contributed by atoms with Gasteiger partial charge in [0.15, 0.2) is 5.82 Å². The van der Waals surface area contributed by atoms with Crippen molar-refractivity contribution in [3.05, 3.63) is 77.1 Å². The molecule has 3 aromatic rings. The fourth-order valence-electron chi connectivity index (χ4n) is 4.05. The van der Waals surface area contributed by atoms with E-state index in [9.17, 15) is 4.79 Å². The largest absolute Gasteiger partial charge is 0.309 e. The Morgan fingerprint density at radius 2 is 1.73 bits per heavy atom. The van der Waals surface area contributed by atoms with Crippen molar-refractivity contribution in [1.29, 1.82) is 0 Å². The van der Waals surface area contributed by atoms with Gasteiger partial charge in [0.25, 0.3) is 0 Å². The summed E-state index contributed by atoms with van der Waals surface area (Å²) in [6, 6.07) is 17.4. The highest BCUT2D eigenvalue weighted by Gasteiger charge is 2.19. The molecule has 2 aromatic carbocycles. The molecule has 0 saturated heterocycles. The number of hydrogen-bond acceptors (Lipinski definition) is 3. The zero-order valence-corrected chi connectivity index (χ0v) is 17.7. The number of hydrogen-bond donors (Lipinski definition) is 1. The van der Waals surface area contributed by atoms with Crippen molar-refractivity contribution >= 4 is 23.3 Å². The molecule has 0 bridgehead atoms. The van der Waals surface area contributed by atoms with E-state index in [0.717, 1.165) is 28.9 Å². The standard InChI is InChI=1S/C25H26ClN3O/c26-21-13-11-19(12-14-21)16-24(30)29-25-22(15-18-7-3-1-4-8-18)28-23(17-27-25)20-9-5-2-6-10-20/h2,5-6,9-14,17-18H,1,3-4,7-8,15-16H2,(H,27,29,30). The Morgan fingerprint density at radius 1 is 1.00 bits per heavy atom. The van der Waals surface area contributed by atoms with Crippen LogP contribution in [0.25, 0.3) is 11.3 Å². The van der Waals surface area contributed by atoms with E-state index in [1.54, 1.807) is 18.3 Å². The number of halogens is 1. The SMILES string of the molecule is O=C(Cc1ccc(Cl)cc1)Nc1ncc(-c2ccccc2)nc1CC1CCCCC1. The van der Waals surface area contributed by atoms with Crippen LogP contribution in [-0.4, -0.2) is 15.9 Å². The minimum Gasteiger partial charge on any atom is -0.309 e. The van der Waals surface area contributed by atoms with Crippen LogP contribution < -0.4 is 5.32 Å². The Hall–Kier alpha value is -2.72. The Balaban J connectivity index is 1.55. The molecule has 1 saturated carbocycles. The molecule has 1 amide bonds. The van der Waals surface area contributed by atoms with Gasteiger partial charge in [0.1, 0.15) is 0 Å². The summed E-state index contributed by atoms with van der Waals surface area (Å²) >= 11 is 5.94. The molecule has 1 aliphatic carbocycles. The Morgan fingerprint density at radius 3 is 2.47 bits per heavy atom. The fourth-order valence-corrected chi connectivity index (χ4v) is 4.18. The lowest BCUT2D eigenvalue weighted by molar-refractivity contribution is -0.115. The molecule has 1 aromatic heterocycles. The van der Waals surface area contributed by atoms with Crippen LogP contribution in [0.15, 0.2) is 60.8 Å². The first-order valence-corrected chi connectivity index (χ1v) is 11.0. The van der Waals surface area contributed by atoms with Gasteiger partial charge in [0.05, 0.1) is 24.0 Å². The normalized spacial score (nSPS) is 14.4. The maximum atomic E-state index is 12.7. The number of aromatic nitrogens is 2. The second-order valence-corrected chi connectivity index (χ2v) is 8.41. The highest BCUT2D eigenvalue weighted by atomic mass is 35.5. The van der Waals surface area contributed by atoms with Crippen LogP contribution in [0.5, 0.6) is 0 Å². The van der Waals surface area contributed by atoms with Gasteiger partial charge >= 0.3 is 0 Å². The van der Waals surface area contributed by atoms with Crippen LogP contribution in [0.2, 0.25) is 5.02 Å². The maximum Gasteiger partial charge on any atom is 0.229 e. The summed E-state index contributed by atoms with van der Waals surface area (Å²) in [5.74, 6) is 1.09. The molecule has 30 heavy (non-hydrogen) atoms. The highest BCUT2D eigenvalue weighted by molar-refractivity contribution is 6.30. The lowest BCUT2D eigenvalue weighted by atomic mass is 9.86. The van der Waals surface area contributed by atoms with Gasteiger partial charge in [-0.25, -0.2) is 9.97 Å². The van der Waals surface area contributed by atoms with E-state index in [1.165, 1.54) is 32.1 Å². The van der Waals surface area contributed by atoms with E-state index in [2.05, 4.69) is 10.3 Å². The molecule has 1 heterocycles. The van der Waals surface area contributed by atoms with Crippen molar-refractivity contribution < 1.29 is 4.79 Å². The van der Waals surface area contributed by atoms with Gasteiger partial charge < -0.3 is 5.32 Å². The number of nitrogens with one attached hydrogen (secondary N) is 1. The van der Waals surface area contributed by atoms with E-state index in [1.807, 2.05) is 42.5 Å². The number of benzene rings is 2. The monoisotopic (exact) mass is 419 g/mol. The highest BCUT2D eigenvalue weighted by Crippen LogP contribution is 2.29. The molecule has 1 fully saturated rings. The molecule has 0 unspecified atom stereocenters. The molecule has 0 spiro atoms. The number of carbonyl (C=O) groups excluding carboxylic acids is 1. The van der Waals surface area contributed by atoms with Gasteiger partial charge in [-0.2, -0.15) is 0 Å². The average Bonchev–Trinajstić information content (AvgIpc) is 2.78. The van der Waals surface area contributed by atoms with Crippen LogP contribution in [-0.2, 0) is 17.6 Å². The van der Waals surface area contributed by atoms with Crippen molar-refractivity contribution in [2.45, 2.75) is 44.9 Å². The zero-order valence-electron chi connectivity index (χ0n) is 17.0. The van der Waals surface area contributed by atoms with Gasteiger partial charge in [-0.15, -0.1) is 0 Å². The van der Waals surface area contributed by atoms with Crippen LogP contribution >= 0.6 is 11.6 Å². The van der Waals surface area contributed by atoms with Crippen molar-refractivity contribution in [2.75, 3.05) is 5.32 Å². The van der Waals surface area contributed by atoms with Gasteiger partial charge in [-0.3, -0.25) is 4.79 Å². The summed E-state index contributed by atoms with van der Waals surface area (Å²) < 4.78 is 0. The first kappa shape index (κ1) is 20.5. The second kappa shape index (κ2) is 9.86. The number of carbonyl (C=O) groups is 1. The van der Waals surface area contributed by atoms with Crippen molar-refractivity contribution in [2.24, 2.45) is 5.92 Å². The Kier molecular flexibility index (Phi) is 6.75. The summed E-state index contributed by atoms with van der Waals surface area (Å²) in [5.41, 5.74) is 3.68. The molecule has 4 rings (SSSR count). The summed E-state index contributed by atoms with van der Waals surface area (Å²) in [5, 5.41) is 3.66. The average molecular weight is 420 g/mol.